The smallest absolute Gasteiger partial charge is 0.151 e. The Morgan fingerprint density at radius 2 is 2.40 bits per heavy atom. The maximum Gasteiger partial charge on any atom is 0.151 e. The first-order valence-electron chi connectivity index (χ1n) is 5.46. The normalized spacial score (nSPS) is 21.0. The summed E-state index contributed by atoms with van der Waals surface area (Å²) < 4.78 is 5.21. The van der Waals surface area contributed by atoms with Crippen LogP contribution in [0.15, 0.2) is 10.6 Å². The zero-order valence-electron chi connectivity index (χ0n) is 9.49. The first-order chi connectivity index (χ1) is 7.09. The zero-order chi connectivity index (χ0) is 10.9. The van der Waals surface area contributed by atoms with Crippen molar-refractivity contribution in [3.05, 3.63) is 17.5 Å². The molecule has 4 nitrogen and oxygen atoms in total. The van der Waals surface area contributed by atoms with E-state index in [-0.39, 0.29) is 0 Å². The lowest BCUT2D eigenvalue weighted by atomic mass is 9.93. The van der Waals surface area contributed by atoms with E-state index >= 15 is 0 Å². The van der Waals surface area contributed by atoms with Gasteiger partial charge in [-0.05, 0) is 18.4 Å². The van der Waals surface area contributed by atoms with E-state index in [9.17, 15) is 0 Å². The van der Waals surface area contributed by atoms with Crippen molar-refractivity contribution in [2.24, 2.45) is 11.1 Å². The molecule has 1 aliphatic heterocycles. The molecule has 0 spiro atoms. The van der Waals surface area contributed by atoms with Crippen LogP contribution in [-0.2, 0) is 13.1 Å². The minimum atomic E-state index is 0.441. The molecule has 0 unspecified atom stereocenters. The number of rotatable bonds is 3. The average molecular weight is 209 g/mol. The van der Waals surface area contributed by atoms with Gasteiger partial charge in [0.1, 0.15) is 0 Å². The number of nitrogens with zero attached hydrogens (tertiary/aromatic N) is 2. The van der Waals surface area contributed by atoms with Gasteiger partial charge < -0.3 is 10.3 Å². The van der Waals surface area contributed by atoms with E-state index in [0.717, 1.165) is 31.1 Å². The van der Waals surface area contributed by atoms with Gasteiger partial charge in [-0.25, -0.2) is 0 Å². The van der Waals surface area contributed by atoms with Crippen molar-refractivity contribution in [1.29, 1.82) is 0 Å². The molecule has 0 amide bonds. The molecular formula is C11H19N3O. The van der Waals surface area contributed by atoms with Gasteiger partial charge in [0.25, 0.3) is 0 Å². The Morgan fingerprint density at radius 1 is 1.60 bits per heavy atom. The predicted molar refractivity (Wildman–Crippen MR) is 58.1 cm³/mol. The van der Waals surface area contributed by atoms with Crippen molar-refractivity contribution in [3.63, 3.8) is 0 Å². The molecule has 84 valence electrons. The van der Waals surface area contributed by atoms with Gasteiger partial charge in [0, 0.05) is 19.2 Å². The van der Waals surface area contributed by atoms with E-state index in [1.807, 2.05) is 6.07 Å². The van der Waals surface area contributed by atoms with Crippen LogP contribution in [0.3, 0.4) is 0 Å². The van der Waals surface area contributed by atoms with E-state index in [0.29, 0.717) is 12.0 Å². The monoisotopic (exact) mass is 209 g/mol. The summed E-state index contributed by atoms with van der Waals surface area (Å²) in [6.45, 7) is 8.19. The molecule has 4 heteroatoms. The summed E-state index contributed by atoms with van der Waals surface area (Å²) in [5.74, 6) is 0.924. The Kier molecular flexibility index (Phi) is 2.80. The highest BCUT2D eigenvalue weighted by atomic mass is 16.5. The Labute approximate surface area is 90.4 Å². The topological polar surface area (TPSA) is 55.3 Å². The molecular weight excluding hydrogens is 190 g/mol. The van der Waals surface area contributed by atoms with Crippen LogP contribution in [0.1, 0.15) is 31.7 Å². The molecule has 1 aromatic heterocycles. The highest BCUT2D eigenvalue weighted by Crippen LogP contribution is 2.29. The van der Waals surface area contributed by atoms with Gasteiger partial charge in [0.2, 0.25) is 0 Å². The molecule has 1 fully saturated rings. The van der Waals surface area contributed by atoms with Gasteiger partial charge in [0.15, 0.2) is 5.76 Å². The van der Waals surface area contributed by atoms with Gasteiger partial charge >= 0.3 is 0 Å². The van der Waals surface area contributed by atoms with Crippen LogP contribution in [0.4, 0.5) is 0 Å². The van der Waals surface area contributed by atoms with Gasteiger partial charge in [0.05, 0.1) is 12.2 Å². The molecule has 0 aromatic carbocycles. The van der Waals surface area contributed by atoms with Crippen LogP contribution in [0, 0.1) is 5.41 Å². The Bertz CT molecular complexity index is 332. The molecule has 2 rings (SSSR count). The highest BCUT2D eigenvalue weighted by Gasteiger charge is 2.29. The van der Waals surface area contributed by atoms with E-state index < -0.39 is 0 Å². The van der Waals surface area contributed by atoms with Crippen molar-refractivity contribution in [2.45, 2.75) is 33.4 Å². The van der Waals surface area contributed by atoms with Crippen LogP contribution in [0.5, 0.6) is 0 Å². The second-order valence-corrected chi connectivity index (χ2v) is 5.11. The summed E-state index contributed by atoms with van der Waals surface area (Å²) in [5, 5.41) is 3.89. The molecule has 2 N–H and O–H groups in total. The quantitative estimate of drug-likeness (QED) is 0.816. The zero-order valence-corrected chi connectivity index (χ0v) is 9.49. The summed E-state index contributed by atoms with van der Waals surface area (Å²) in [7, 11) is 0. The fourth-order valence-corrected chi connectivity index (χ4v) is 2.11. The Morgan fingerprint density at radius 3 is 2.93 bits per heavy atom. The van der Waals surface area contributed by atoms with Gasteiger partial charge in [-0.3, -0.25) is 4.90 Å². The number of hydrogen-bond donors (Lipinski definition) is 1. The predicted octanol–water partition coefficient (Wildman–Crippen LogP) is 1.37. The van der Waals surface area contributed by atoms with E-state index in [2.05, 4.69) is 23.9 Å². The van der Waals surface area contributed by atoms with Gasteiger partial charge in [-0.2, -0.15) is 0 Å². The lowest BCUT2D eigenvalue weighted by Gasteiger charge is -2.18. The maximum absolute atomic E-state index is 5.48. The highest BCUT2D eigenvalue weighted by molar-refractivity contribution is 5.05. The molecule has 1 aromatic rings. The van der Waals surface area contributed by atoms with E-state index in [1.54, 1.807) is 0 Å². The summed E-state index contributed by atoms with van der Waals surface area (Å²) in [6, 6.07) is 1.95. The molecule has 0 radical (unpaired) electrons. The van der Waals surface area contributed by atoms with E-state index in [1.165, 1.54) is 6.42 Å². The van der Waals surface area contributed by atoms with Crippen molar-refractivity contribution in [1.82, 2.24) is 10.1 Å². The summed E-state index contributed by atoms with van der Waals surface area (Å²) in [4.78, 5) is 2.40. The number of nitrogens with two attached hydrogens (primary N) is 1. The number of likely N-dealkylation sites (tertiary alicyclic amines) is 1. The van der Waals surface area contributed by atoms with Crippen LogP contribution in [0.25, 0.3) is 0 Å². The average Bonchev–Trinajstić information content (AvgIpc) is 2.73. The SMILES string of the molecule is CC1(C)CCN(Cc2cc(CN)no2)C1. The Hall–Kier alpha value is -0.870. The Balaban J connectivity index is 1.92. The molecule has 0 bridgehead atoms. The van der Waals surface area contributed by atoms with Crippen LogP contribution >= 0.6 is 0 Å². The molecule has 1 saturated heterocycles. The summed E-state index contributed by atoms with van der Waals surface area (Å²) in [6.07, 6.45) is 1.25. The third kappa shape index (κ3) is 2.58. The first-order valence-corrected chi connectivity index (χ1v) is 5.46. The van der Waals surface area contributed by atoms with Crippen molar-refractivity contribution < 1.29 is 4.52 Å². The molecule has 0 aliphatic carbocycles. The lowest BCUT2D eigenvalue weighted by Crippen LogP contribution is -2.22. The largest absolute Gasteiger partial charge is 0.360 e. The fourth-order valence-electron chi connectivity index (χ4n) is 2.11. The number of aromatic nitrogens is 1. The fraction of sp³-hybridized carbons (Fsp3) is 0.727. The minimum absolute atomic E-state index is 0.441. The molecule has 1 aliphatic rings. The summed E-state index contributed by atoms with van der Waals surface area (Å²) >= 11 is 0. The first kappa shape index (κ1) is 10.6. The van der Waals surface area contributed by atoms with Gasteiger partial charge in [-0.15, -0.1) is 0 Å². The second kappa shape index (κ2) is 3.94. The third-order valence-electron chi connectivity index (χ3n) is 2.95. The van der Waals surface area contributed by atoms with E-state index in [4.69, 9.17) is 10.3 Å². The van der Waals surface area contributed by atoms with Crippen LogP contribution in [-0.4, -0.2) is 23.1 Å². The third-order valence-corrected chi connectivity index (χ3v) is 2.95. The van der Waals surface area contributed by atoms with Crippen LogP contribution < -0.4 is 5.73 Å². The molecule has 0 atom stereocenters. The minimum Gasteiger partial charge on any atom is -0.360 e. The second-order valence-electron chi connectivity index (χ2n) is 5.11. The molecule has 0 saturated carbocycles. The van der Waals surface area contributed by atoms with Crippen molar-refractivity contribution >= 4 is 0 Å². The van der Waals surface area contributed by atoms with Crippen molar-refractivity contribution in [2.75, 3.05) is 13.1 Å². The maximum atomic E-state index is 5.48. The van der Waals surface area contributed by atoms with Crippen LogP contribution in [0.2, 0.25) is 0 Å². The van der Waals surface area contributed by atoms with Crippen molar-refractivity contribution in [3.8, 4) is 0 Å². The summed E-state index contributed by atoms with van der Waals surface area (Å²) in [5.41, 5.74) is 6.76. The molecule has 2 heterocycles. The lowest BCUT2D eigenvalue weighted by molar-refractivity contribution is 0.248. The molecule has 15 heavy (non-hydrogen) atoms. The number of hydrogen-bond acceptors (Lipinski definition) is 4. The van der Waals surface area contributed by atoms with Gasteiger partial charge in [-0.1, -0.05) is 19.0 Å². The standard InChI is InChI=1S/C11H19N3O/c1-11(2)3-4-14(8-11)7-10-5-9(6-12)13-15-10/h5H,3-4,6-8,12H2,1-2H3.